The Kier molecular flexibility index (Phi) is 9.75. The maximum atomic E-state index is 13.8. The molecule has 3 rings (SSSR count). The number of halogens is 2. The fraction of sp³-hybridized carbons (Fsp3) is 0.259. The molecule has 0 aliphatic heterocycles. The van der Waals surface area contributed by atoms with Gasteiger partial charge in [-0.3, -0.25) is 13.9 Å². The van der Waals surface area contributed by atoms with Crippen molar-refractivity contribution in [2.45, 2.75) is 44.3 Å². The summed E-state index contributed by atoms with van der Waals surface area (Å²) in [6.45, 7) is 4.88. The van der Waals surface area contributed by atoms with Crippen LogP contribution in [0, 0.1) is 0 Å². The molecule has 0 aromatic heterocycles. The van der Waals surface area contributed by atoms with Gasteiger partial charge in [0.05, 0.1) is 10.6 Å². The van der Waals surface area contributed by atoms with Crippen LogP contribution in [0.5, 0.6) is 0 Å². The van der Waals surface area contributed by atoms with Gasteiger partial charge in [0, 0.05) is 22.1 Å². The minimum Gasteiger partial charge on any atom is -0.352 e. The summed E-state index contributed by atoms with van der Waals surface area (Å²) in [5, 5.41) is 3.16. The van der Waals surface area contributed by atoms with Gasteiger partial charge in [-0.1, -0.05) is 63.9 Å². The number of hydrogen-bond donors (Lipinski definition) is 1. The second-order valence-corrected chi connectivity index (χ2v) is 12.0. The number of anilines is 1. The molecule has 0 radical (unpaired) electrons. The Morgan fingerprint density at radius 2 is 1.62 bits per heavy atom. The minimum atomic E-state index is -4.12. The number of rotatable bonds is 10. The number of carbonyl (C=O) groups excluding carboxylic acids is 2. The molecular weight excluding hydrogens is 578 g/mol. The molecule has 1 N–H and O–H groups in total. The summed E-state index contributed by atoms with van der Waals surface area (Å²) in [6.07, 6.45) is 0. The number of nitrogens with one attached hydrogen (secondary N) is 1. The third-order valence-electron chi connectivity index (χ3n) is 5.55. The van der Waals surface area contributed by atoms with Crippen LogP contribution in [0.3, 0.4) is 0 Å². The second kappa shape index (κ2) is 12.6. The lowest BCUT2D eigenvalue weighted by Gasteiger charge is -2.32. The van der Waals surface area contributed by atoms with Gasteiger partial charge in [-0.2, -0.15) is 0 Å². The van der Waals surface area contributed by atoms with Gasteiger partial charge in [0.15, 0.2) is 0 Å². The van der Waals surface area contributed by atoms with Crippen molar-refractivity contribution in [2.75, 3.05) is 10.8 Å². The van der Waals surface area contributed by atoms with E-state index in [1.807, 2.05) is 38.1 Å². The van der Waals surface area contributed by atoms with Crippen LogP contribution >= 0.6 is 27.5 Å². The van der Waals surface area contributed by atoms with E-state index in [0.717, 1.165) is 14.3 Å². The van der Waals surface area contributed by atoms with Crippen molar-refractivity contribution in [3.63, 3.8) is 0 Å². The Bertz CT molecular complexity index is 1350. The van der Waals surface area contributed by atoms with E-state index < -0.39 is 28.5 Å². The monoisotopic (exact) mass is 605 g/mol. The molecule has 0 saturated carbocycles. The normalized spacial score (nSPS) is 12.2. The van der Waals surface area contributed by atoms with Gasteiger partial charge in [-0.05, 0) is 68.8 Å². The lowest BCUT2D eigenvalue weighted by molar-refractivity contribution is -0.139. The van der Waals surface area contributed by atoms with Crippen LogP contribution in [0.25, 0.3) is 0 Å². The molecule has 0 saturated heterocycles. The summed E-state index contributed by atoms with van der Waals surface area (Å²) in [4.78, 5) is 28.1. The average molecular weight is 607 g/mol. The Labute approximate surface area is 231 Å². The van der Waals surface area contributed by atoms with Gasteiger partial charge >= 0.3 is 0 Å². The lowest BCUT2D eigenvalue weighted by Crippen LogP contribution is -2.52. The zero-order chi connectivity index (χ0) is 27.2. The molecule has 0 fully saturated rings. The fourth-order valence-corrected chi connectivity index (χ4v) is 5.76. The minimum absolute atomic E-state index is 0.0342. The van der Waals surface area contributed by atoms with Crippen LogP contribution in [-0.2, 0) is 26.2 Å². The summed E-state index contributed by atoms with van der Waals surface area (Å²) in [5.74, 6) is -0.871. The number of amides is 2. The first-order valence-electron chi connectivity index (χ1n) is 11.7. The molecule has 0 aliphatic rings. The first kappa shape index (κ1) is 28.7. The number of carbonyl (C=O) groups is 2. The average Bonchev–Trinajstić information content (AvgIpc) is 2.85. The van der Waals surface area contributed by atoms with Crippen molar-refractivity contribution in [1.29, 1.82) is 0 Å². The Morgan fingerprint density at radius 1 is 0.946 bits per heavy atom. The number of benzene rings is 3. The van der Waals surface area contributed by atoms with Crippen molar-refractivity contribution in [1.82, 2.24) is 10.2 Å². The summed E-state index contributed by atoms with van der Waals surface area (Å²) in [6, 6.07) is 20.6. The molecule has 3 aromatic rings. The van der Waals surface area contributed by atoms with E-state index in [1.165, 1.54) is 23.1 Å². The van der Waals surface area contributed by atoms with E-state index in [4.69, 9.17) is 11.6 Å². The van der Waals surface area contributed by atoms with Crippen molar-refractivity contribution in [3.05, 3.63) is 93.9 Å². The molecular formula is C27H29BrClN3O4S. The molecule has 10 heteroatoms. The summed E-state index contributed by atoms with van der Waals surface area (Å²) in [7, 11) is -4.12. The smallest absolute Gasteiger partial charge is 0.264 e. The van der Waals surface area contributed by atoms with Crippen LogP contribution in [0.1, 0.15) is 26.3 Å². The van der Waals surface area contributed by atoms with Crippen LogP contribution in [0.4, 0.5) is 5.69 Å². The highest BCUT2D eigenvalue weighted by Crippen LogP contribution is 2.27. The summed E-state index contributed by atoms with van der Waals surface area (Å²) >= 11 is 9.61. The van der Waals surface area contributed by atoms with Crippen LogP contribution in [-0.4, -0.2) is 43.8 Å². The van der Waals surface area contributed by atoms with Gasteiger partial charge in [-0.25, -0.2) is 8.42 Å². The zero-order valence-electron chi connectivity index (χ0n) is 20.8. The maximum absolute atomic E-state index is 13.8. The first-order valence-corrected chi connectivity index (χ1v) is 14.3. The fourth-order valence-electron chi connectivity index (χ4n) is 3.70. The standard InChI is InChI=1S/C27H29BrClN3O4S/c1-19(2)30-27(34)20(3)31(17-21-9-7-10-22(28)15-21)26(33)18-32(24-12-8-11-23(29)16-24)37(35,36)25-13-5-4-6-14-25/h4-16,19-20H,17-18H2,1-3H3,(H,30,34). The van der Waals surface area contributed by atoms with E-state index in [0.29, 0.717) is 5.02 Å². The largest absolute Gasteiger partial charge is 0.352 e. The second-order valence-electron chi connectivity index (χ2n) is 8.80. The predicted molar refractivity (Wildman–Crippen MR) is 150 cm³/mol. The van der Waals surface area contributed by atoms with Gasteiger partial charge in [-0.15, -0.1) is 0 Å². The van der Waals surface area contributed by atoms with Crippen LogP contribution in [0.2, 0.25) is 5.02 Å². The van der Waals surface area contributed by atoms with Crippen molar-refractivity contribution in [2.24, 2.45) is 0 Å². The first-order chi connectivity index (χ1) is 17.5. The zero-order valence-corrected chi connectivity index (χ0v) is 23.9. The maximum Gasteiger partial charge on any atom is 0.264 e. The quantitative estimate of drug-likeness (QED) is 0.342. The molecule has 0 heterocycles. The van der Waals surface area contributed by atoms with Crippen molar-refractivity contribution < 1.29 is 18.0 Å². The summed E-state index contributed by atoms with van der Waals surface area (Å²) < 4.78 is 29.2. The molecule has 2 amide bonds. The highest BCUT2D eigenvalue weighted by Gasteiger charge is 2.32. The molecule has 3 aromatic carbocycles. The van der Waals surface area contributed by atoms with Gasteiger partial charge in [0.1, 0.15) is 12.6 Å². The van der Waals surface area contributed by atoms with Gasteiger partial charge in [0.2, 0.25) is 11.8 Å². The van der Waals surface area contributed by atoms with E-state index in [-0.39, 0.29) is 29.1 Å². The van der Waals surface area contributed by atoms with E-state index in [2.05, 4.69) is 21.2 Å². The third-order valence-corrected chi connectivity index (χ3v) is 8.06. The lowest BCUT2D eigenvalue weighted by atomic mass is 10.1. The molecule has 7 nitrogen and oxygen atoms in total. The highest BCUT2D eigenvalue weighted by molar-refractivity contribution is 9.10. The van der Waals surface area contributed by atoms with Gasteiger partial charge in [0.25, 0.3) is 10.0 Å². The van der Waals surface area contributed by atoms with E-state index in [1.54, 1.807) is 43.3 Å². The highest BCUT2D eigenvalue weighted by atomic mass is 79.9. The molecule has 1 unspecified atom stereocenters. The topological polar surface area (TPSA) is 86.8 Å². The molecule has 196 valence electrons. The third kappa shape index (κ3) is 7.56. The molecule has 0 bridgehead atoms. The number of nitrogens with zero attached hydrogens (tertiary/aromatic N) is 2. The van der Waals surface area contributed by atoms with E-state index >= 15 is 0 Å². The summed E-state index contributed by atoms with van der Waals surface area (Å²) in [5.41, 5.74) is 1.03. The van der Waals surface area contributed by atoms with E-state index in [9.17, 15) is 18.0 Å². The SMILES string of the molecule is CC(C)NC(=O)C(C)N(Cc1cccc(Br)c1)C(=O)CN(c1cccc(Cl)c1)S(=O)(=O)c1ccccc1. The molecule has 0 spiro atoms. The number of sulfonamides is 1. The molecule has 0 aliphatic carbocycles. The van der Waals surface area contributed by atoms with Crippen molar-refractivity contribution in [3.8, 4) is 0 Å². The molecule has 1 atom stereocenters. The van der Waals surface area contributed by atoms with Gasteiger partial charge < -0.3 is 10.2 Å². The van der Waals surface area contributed by atoms with Crippen molar-refractivity contribution >= 4 is 55.1 Å². The Morgan fingerprint density at radius 3 is 2.24 bits per heavy atom. The number of hydrogen-bond acceptors (Lipinski definition) is 4. The molecule has 37 heavy (non-hydrogen) atoms. The van der Waals surface area contributed by atoms with Crippen LogP contribution < -0.4 is 9.62 Å². The van der Waals surface area contributed by atoms with Crippen LogP contribution in [0.15, 0.2) is 88.2 Å². The predicted octanol–water partition coefficient (Wildman–Crippen LogP) is 5.24. The Balaban J connectivity index is 2.02. The Hall–Kier alpha value is -2.88.